The summed E-state index contributed by atoms with van der Waals surface area (Å²) < 4.78 is 5.46. The summed E-state index contributed by atoms with van der Waals surface area (Å²) in [5.74, 6) is 1.12. The van der Waals surface area contributed by atoms with Gasteiger partial charge in [0.1, 0.15) is 11.5 Å². The van der Waals surface area contributed by atoms with E-state index >= 15 is 0 Å². The van der Waals surface area contributed by atoms with Gasteiger partial charge in [-0.15, -0.1) is 0 Å². The van der Waals surface area contributed by atoms with Crippen molar-refractivity contribution in [2.24, 2.45) is 0 Å². The van der Waals surface area contributed by atoms with E-state index in [4.69, 9.17) is 16.0 Å². The van der Waals surface area contributed by atoms with Crippen LogP contribution in [0.2, 0.25) is 5.15 Å². The minimum absolute atomic E-state index is 0.232. The molecule has 0 atom stereocenters. The van der Waals surface area contributed by atoms with Crippen LogP contribution in [0.5, 0.6) is 0 Å². The van der Waals surface area contributed by atoms with Gasteiger partial charge in [-0.2, -0.15) is 0 Å². The van der Waals surface area contributed by atoms with Gasteiger partial charge in [0.2, 0.25) is 0 Å². The maximum atomic E-state index is 12.3. The highest BCUT2D eigenvalue weighted by Gasteiger charge is 2.20. The second-order valence-corrected chi connectivity index (χ2v) is 4.82. The molecule has 1 N–H and O–H groups in total. The molecule has 0 aliphatic heterocycles. The molecule has 2 aromatic heterocycles. The predicted molar refractivity (Wildman–Crippen MR) is 74.9 cm³/mol. The van der Waals surface area contributed by atoms with Crippen LogP contribution in [0.25, 0.3) is 0 Å². The van der Waals surface area contributed by atoms with Gasteiger partial charge in [0.25, 0.3) is 5.91 Å². The Balaban J connectivity index is 2.36. The van der Waals surface area contributed by atoms with Crippen molar-refractivity contribution in [2.45, 2.75) is 27.7 Å². The number of pyridine rings is 1. The number of carbonyl (C=O) groups excluding carboxylic acids is 1. The van der Waals surface area contributed by atoms with Crippen molar-refractivity contribution in [3.63, 3.8) is 0 Å². The number of rotatable bonds is 2. The SMILES string of the molecule is Cc1ccnc(Cl)c1NC(=O)c1c(C)oc(C)c1C. The average Bonchev–Trinajstić information content (AvgIpc) is 2.58. The number of aromatic nitrogens is 1. The first-order chi connectivity index (χ1) is 8.91. The Morgan fingerprint density at radius 1 is 1.26 bits per heavy atom. The minimum Gasteiger partial charge on any atom is -0.466 e. The first-order valence-corrected chi connectivity index (χ1v) is 6.28. The van der Waals surface area contributed by atoms with Gasteiger partial charge in [0.05, 0.1) is 11.3 Å². The third-order valence-electron chi connectivity index (χ3n) is 3.14. The van der Waals surface area contributed by atoms with Gasteiger partial charge in [-0.25, -0.2) is 4.98 Å². The van der Waals surface area contributed by atoms with Crippen LogP contribution in [0.4, 0.5) is 5.69 Å². The van der Waals surface area contributed by atoms with Crippen LogP contribution in [-0.2, 0) is 0 Å². The largest absolute Gasteiger partial charge is 0.466 e. The van der Waals surface area contributed by atoms with Crippen molar-refractivity contribution >= 4 is 23.2 Å². The molecule has 5 heteroatoms. The lowest BCUT2D eigenvalue weighted by atomic mass is 10.1. The van der Waals surface area contributed by atoms with E-state index in [9.17, 15) is 4.79 Å². The summed E-state index contributed by atoms with van der Waals surface area (Å²) in [6, 6.07) is 1.79. The van der Waals surface area contributed by atoms with E-state index in [0.717, 1.165) is 16.9 Å². The van der Waals surface area contributed by atoms with Crippen LogP contribution >= 0.6 is 11.6 Å². The molecule has 0 unspecified atom stereocenters. The molecule has 0 saturated carbocycles. The van der Waals surface area contributed by atoms with Gasteiger partial charge in [-0.05, 0) is 39.3 Å². The Morgan fingerprint density at radius 3 is 2.47 bits per heavy atom. The fourth-order valence-electron chi connectivity index (χ4n) is 1.98. The van der Waals surface area contributed by atoms with Crippen molar-refractivity contribution in [3.05, 3.63) is 45.6 Å². The van der Waals surface area contributed by atoms with Crippen LogP contribution < -0.4 is 5.32 Å². The van der Waals surface area contributed by atoms with Crippen LogP contribution in [0.1, 0.15) is 33.0 Å². The highest BCUT2D eigenvalue weighted by Crippen LogP contribution is 2.26. The molecule has 0 bridgehead atoms. The maximum absolute atomic E-state index is 12.3. The molecular formula is C14H15ClN2O2. The standard InChI is InChI=1S/C14H15ClN2O2/c1-7-5-6-16-13(15)12(7)17-14(18)11-8(2)9(3)19-10(11)4/h5-6H,1-4H3,(H,17,18). The number of carbonyl (C=O) groups is 1. The molecule has 100 valence electrons. The molecule has 19 heavy (non-hydrogen) atoms. The smallest absolute Gasteiger partial charge is 0.259 e. The lowest BCUT2D eigenvalue weighted by Crippen LogP contribution is -2.15. The number of nitrogens with one attached hydrogen (secondary N) is 1. The molecule has 1 amide bonds. The van der Waals surface area contributed by atoms with E-state index in [1.54, 1.807) is 19.2 Å². The zero-order chi connectivity index (χ0) is 14.2. The molecule has 0 radical (unpaired) electrons. The van der Waals surface area contributed by atoms with Crippen molar-refractivity contribution in [1.29, 1.82) is 0 Å². The molecular weight excluding hydrogens is 264 g/mol. The number of halogens is 1. The van der Waals surface area contributed by atoms with Gasteiger partial charge < -0.3 is 9.73 Å². The summed E-state index contributed by atoms with van der Waals surface area (Å²) in [7, 11) is 0. The maximum Gasteiger partial charge on any atom is 0.259 e. The van der Waals surface area contributed by atoms with E-state index in [1.165, 1.54) is 0 Å². The molecule has 0 aliphatic carbocycles. The number of nitrogens with zero attached hydrogens (tertiary/aromatic N) is 1. The molecule has 0 spiro atoms. The monoisotopic (exact) mass is 278 g/mol. The van der Waals surface area contributed by atoms with Gasteiger partial charge in [0.15, 0.2) is 5.15 Å². The summed E-state index contributed by atoms with van der Waals surface area (Å²) in [6.07, 6.45) is 1.60. The van der Waals surface area contributed by atoms with E-state index in [1.807, 2.05) is 20.8 Å². The summed E-state index contributed by atoms with van der Waals surface area (Å²) >= 11 is 6.00. The van der Waals surface area contributed by atoms with E-state index in [-0.39, 0.29) is 11.1 Å². The first kappa shape index (κ1) is 13.6. The van der Waals surface area contributed by atoms with Crippen LogP contribution in [0.3, 0.4) is 0 Å². The van der Waals surface area contributed by atoms with E-state index in [2.05, 4.69) is 10.3 Å². The van der Waals surface area contributed by atoms with Crippen molar-refractivity contribution in [2.75, 3.05) is 5.32 Å². The molecule has 4 nitrogen and oxygen atoms in total. The Morgan fingerprint density at radius 2 is 1.95 bits per heavy atom. The zero-order valence-electron chi connectivity index (χ0n) is 11.3. The lowest BCUT2D eigenvalue weighted by Gasteiger charge is -2.09. The normalized spacial score (nSPS) is 10.6. The summed E-state index contributed by atoms with van der Waals surface area (Å²) in [5.41, 5.74) is 2.79. The first-order valence-electron chi connectivity index (χ1n) is 5.91. The second kappa shape index (κ2) is 5.05. The number of amides is 1. The minimum atomic E-state index is -0.232. The van der Waals surface area contributed by atoms with Gasteiger partial charge >= 0.3 is 0 Å². The van der Waals surface area contributed by atoms with Crippen LogP contribution in [-0.4, -0.2) is 10.9 Å². The van der Waals surface area contributed by atoms with Gasteiger partial charge in [-0.3, -0.25) is 4.79 Å². The highest BCUT2D eigenvalue weighted by atomic mass is 35.5. The molecule has 0 saturated heterocycles. The number of hydrogen-bond donors (Lipinski definition) is 1. The van der Waals surface area contributed by atoms with Crippen molar-refractivity contribution in [3.8, 4) is 0 Å². The Bertz CT molecular complexity index is 627. The van der Waals surface area contributed by atoms with Crippen LogP contribution in [0, 0.1) is 27.7 Å². The van der Waals surface area contributed by atoms with Crippen LogP contribution in [0.15, 0.2) is 16.7 Å². The van der Waals surface area contributed by atoms with Gasteiger partial charge in [-0.1, -0.05) is 11.6 Å². The van der Waals surface area contributed by atoms with E-state index < -0.39 is 0 Å². The third-order valence-corrected chi connectivity index (χ3v) is 3.43. The van der Waals surface area contributed by atoms with Crippen molar-refractivity contribution < 1.29 is 9.21 Å². The highest BCUT2D eigenvalue weighted by molar-refractivity contribution is 6.32. The molecule has 2 aromatic rings. The second-order valence-electron chi connectivity index (χ2n) is 4.46. The molecule has 0 aromatic carbocycles. The predicted octanol–water partition coefficient (Wildman–Crippen LogP) is 3.81. The number of aryl methyl sites for hydroxylation is 3. The molecule has 2 heterocycles. The molecule has 2 rings (SSSR count). The molecule has 0 fully saturated rings. The number of furan rings is 1. The Kier molecular flexibility index (Phi) is 3.62. The fourth-order valence-corrected chi connectivity index (χ4v) is 2.23. The summed E-state index contributed by atoms with van der Waals surface area (Å²) in [6.45, 7) is 7.33. The third kappa shape index (κ3) is 2.49. The quantitative estimate of drug-likeness (QED) is 0.850. The number of anilines is 1. The fraction of sp³-hybridized carbons (Fsp3) is 0.286. The lowest BCUT2D eigenvalue weighted by molar-refractivity contribution is 0.102. The molecule has 0 aliphatic rings. The Hall–Kier alpha value is -1.81. The summed E-state index contributed by atoms with van der Waals surface area (Å²) in [5, 5.41) is 3.08. The number of hydrogen-bond acceptors (Lipinski definition) is 3. The zero-order valence-corrected chi connectivity index (χ0v) is 12.1. The van der Waals surface area contributed by atoms with Crippen molar-refractivity contribution in [1.82, 2.24) is 4.98 Å². The van der Waals surface area contributed by atoms with Gasteiger partial charge in [0, 0.05) is 11.8 Å². The summed E-state index contributed by atoms with van der Waals surface area (Å²) in [4.78, 5) is 16.3. The average molecular weight is 279 g/mol. The topological polar surface area (TPSA) is 55.1 Å². The van der Waals surface area contributed by atoms with E-state index in [0.29, 0.717) is 17.0 Å². The Labute approximate surface area is 116 Å².